The maximum Gasteiger partial charge on any atom is 0.418 e. The van der Waals surface area contributed by atoms with Crippen molar-refractivity contribution in [2.24, 2.45) is 5.73 Å². The Morgan fingerprint density at radius 2 is 1.88 bits per heavy atom. The fourth-order valence-electron chi connectivity index (χ4n) is 3.05. The number of anilines is 1. The van der Waals surface area contributed by atoms with Crippen LogP contribution in [0.15, 0.2) is 24.3 Å². The van der Waals surface area contributed by atoms with Crippen LogP contribution in [0.3, 0.4) is 0 Å². The zero-order valence-corrected chi connectivity index (χ0v) is 14.2. The molecule has 4 N–H and O–H groups in total. The Morgan fingerprint density at radius 3 is 2.46 bits per heavy atom. The molecule has 3 rings (SSSR count). The number of piperidine rings is 1. The van der Waals surface area contributed by atoms with Crippen molar-refractivity contribution in [1.29, 1.82) is 0 Å². The van der Waals surface area contributed by atoms with Crippen molar-refractivity contribution in [3.8, 4) is 0 Å². The summed E-state index contributed by atoms with van der Waals surface area (Å²) in [5.41, 5.74) is 5.85. The van der Waals surface area contributed by atoms with Crippen LogP contribution in [0, 0.1) is 0 Å². The van der Waals surface area contributed by atoms with Crippen molar-refractivity contribution in [2.75, 3.05) is 11.9 Å². The molecule has 1 aromatic rings. The van der Waals surface area contributed by atoms with Crippen LogP contribution < -0.4 is 11.1 Å². The highest BCUT2D eigenvalue weighted by atomic mass is 32.3. The van der Waals surface area contributed by atoms with E-state index in [4.69, 9.17) is 10.3 Å². The summed E-state index contributed by atoms with van der Waals surface area (Å²) in [6.07, 6.45) is 0.628. The third-order valence-corrected chi connectivity index (χ3v) is 4.59. The van der Waals surface area contributed by atoms with Crippen molar-refractivity contribution in [3.63, 3.8) is 0 Å². The standard InChI is InChI=1S/C14H16N4O7S/c15-12(19)8-1-3-9(4-2-8)16-13(20)11-6-5-10-7-17(11)14(21)18(10)25-26(22,23)24/h1-4,10-11H,5-7H2,(H2,15,19)(H,16,20)(H,22,23,24). The number of rotatable bonds is 5. The number of urea groups is 1. The SMILES string of the molecule is NC(=O)c1ccc(NC(=O)C2CCC3CN2C(=O)N3OS(=O)(=O)O)cc1. The average Bonchev–Trinajstić information content (AvgIpc) is 2.79. The van der Waals surface area contributed by atoms with Crippen molar-refractivity contribution in [2.45, 2.75) is 24.9 Å². The monoisotopic (exact) mass is 384 g/mol. The summed E-state index contributed by atoms with van der Waals surface area (Å²) in [6, 6.07) is 3.73. The van der Waals surface area contributed by atoms with Crippen LogP contribution in [0.1, 0.15) is 23.2 Å². The molecule has 0 aromatic heterocycles. The van der Waals surface area contributed by atoms with Gasteiger partial charge in [-0.3, -0.25) is 14.1 Å². The van der Waals surface area contributed by atoms with Crippen molar-refractivity contribution in [3.05, 3.63) is 29.8 Å². The molecular formula is C14H16N4O7S. The minimum atomic E-state index is -4.84. The first-order chi connectivity index (χ1) is 12.2. The highest BCUT2D eigenvalue weighted by Crippen LogP contribution is 2.31. The van der Waals surface area contributed by atoms with Crippen LogP contribution >= 0.6 is 0 Å². The van der Waals surface area contributed by atoms with E-state index < -0.39 is 40.3 Å². The summed E-state index contributed by atoms with van der Waals surface area (Å²) in [4.78, 5) is 37.0. The number of carbonyl (C=O) groups excluding carboxylic acids is 3. The molecule has 0 aliphatic carbocycles. The van der Waals surface area contributed by atoms with E-state index in [-0.39, 0.29) is 12.1 Å². The summed E-state index contributed by atoms with van der Waals surface area (Å²) in [5.74, 6) is -1.06. The number of primary amides is 1. The lowest BCUT2D eigenvalue weighted by Gasteiger charge is -2.29. The minimum Gasteiger partial charge on any atom is -0.366 e. The van der Waals surface area contributed by atoms with Gasteiger partial charge in [0.1, 0.15) is 6.04 Å². The van der Waals surface area contributed by atoms with E-state index in [1.54, 1.807) is 0 Å². The Balaban J connectivity index is 1.69. The number of benzene rings is 1. The normalized spacial score (nSPS) is 22.4. The molecule has 0 spiro atoms. The predicted octanol–water partition coefficient (Wildman–Crippen LogP) is -0.273. The fraction of sp³-hybridized carbons (Fsp3) is 0.357. The van der Waals surface area contributed by atoms with Crippen LogP contribution in [0.4, 0.5) is 10.5 Å². The number of nitrogens with zero attached hydrogens (tertiary/aromatic N) is 2. The summed E-state index contributed by atoms with van der Waals surface area (Å²) in [7, 11) is -4.84. The first-order valence-electron chi connectivity index (χ1n) is 7.63. The first kappa shape index (κ1) is 18.1. The Bertz CT molecular complexity index is 855. The minimum absolute atomic E-state index is 0.104. The Hall–Kier alpha value is -2.70. The van der Waals surface area contributed by atoms with Gasteiger partial charge in [-0.15, -0.1) is 4.28 Å². The Morgan fingerprint density at radius 1 is 1.23 bits per heavy atom. The molecule has 1 aromatic carbocycles. The zero-order chi connectivity index (χ0) is 19.1. The molecule has 0 radical (unpaired) electrons. The van der Waals surface area contributed by atoms with Gasteiger partial charge in [0, 0.05) is 17.8 Å². The van der Waals surface area contributed by atoms with Gasteiger partial charge in [0.15, 0.2) is 0 Å². The highest BCUT2D eigenvalue weighted by Gasteiger charge is 2.49. The van der Waals surface area contributed by atoms with Gasteiger partial charge in [-0.05, 0) is 37.1 Å². The van der Waals surface area contributed by atoms with Gasteiger partial charge in [-0.2, -0.15) is 13.5 Å². The lowest BCUT2D eigenvalue weighted by molar-refractivity contribution is -0.120. The Kier molecular flexibility index (Phi) is 4.56. The van der Waals surface area contributed by atoms with Gasteiger partial charge < -0.3 is 16.0 Å². The topological polar surface area (TPSA) is 159 Å². The lowest BCUT2D eigenvalue weighted by Crippen LogP contribution is -2.47. The average molecular weight is 384 g/mol. The predicted molar refractivity (Wildman–Crippen MR) is 87.0 cm³/mol. The quantitative estimate of drug-likeness (QED) is 0.589. The van der Waals surface area contributed by atoms with Crippen LogP contribution in [0.5, 0.6) is 0 Å². The largest absolute Gasteiger partial charge is 0.418 e. The second-order valence-electron chi connectivity index (χ2n) is 5.94. The fourth-order valence-corrected chi connectivity index (χ4v) is 3.44. The van der Waals surface area contributed by atoms with Crippen LogP contribution in [0.25, 0.3) is 0 Å². The van der Waals surface area contributed by atoms with E-state index in [1.165, 1.54) is 29.2 Å². The summed E-state index contributed by atoms with van der Waals surface area (Å²) >= 11 is 0. The van der Waals surface area contributed by atoms with Crippen molar-refractivity contribution >= 4 is 33.9 Å². The molecule has 2 unspecified atom stereocenters. The second kappa shape index (κ2) is 6.55. The maximum absolute atomic E-state index is 12.5. The van der Waals surface area contributed by atoms with Crippen molar-refractivity contribution in [1.82, 2.24) is 9.96 Å². The molecule has 140 valence electrons. The molecule has 2 heterocycles. The summed E-state index contributed by atoms with van der Waals surface area (Å²) in [5, 5.41) is 3.21. The number of hydrogen-bond acceptors (Lipinski definition) is 6. The van der Waals surface area contributed by atoms with Gasteiger partial charge in [0.05, 0.1) is 6.04 Å². The van der Waals surface area contributed by atoms with Gasteiger partial charge in [0.2, 0.25) is 11.8 Å². The van der Waals surface area contributed by atoms with E-state index in [0.29, 0.717) is 23.6 Å². The van der Waals surface area contributed by atoms with Gasteiger partial charge in [-0.25, -0.2) is 4.79 Å². The maximum atomic E-state index is 12.5. The molecule has 26 heavy (non-hydrogen) atoms. The molecule has 11 nitrogen and oxygen atoms in total. The van der Waals surface area contributed by atoms with Crippen LogP contribution in [-0.2, 0) is 19.5 Å². The molecule has 2 atom stereocenters. The molecule has 0 saturated carbocycles. The number of fused-ring (bicyclic) bond motifs is 2. The molecule has 2 aliphatic heterocycles. The summed E-state index contributed by atoms with van der Waals surface area (Å²) in [6.45, 7) is 0.104. The van der Waals surface area contributed by atoms with Crippen LogP contribution in [0.2, 0.25) is 0 Å². The van der Waals surface area contributed by atoms with Crippen molar-refractivity contribution < 1.29 is 31.6 Å². The number of carbonyl (C=O) groups is 3. The van der Waals surface area contributed by atoms with Crippen LogP contribution in [-0.4, -0.2) is 59.4 Å². The number of amides is 4. The third kappa shape index (κ3) is 3.61. The van der Waals surface area contributed by atoms with E-state index in [9.17, 15) is 22.8 Å². The Labute approximate surface area is 148 Å². The molecule has 2 bridgehead atoms. The lowest BCUT2D eigenvalue weighted by atomic mass is 10.00. The van der Waals surface area contributed by atoms with E-state index in [1.807, 2.05) is 0 Å². The number of hydroxylamine groups is 2. The number of nitrogens with two attached hydrogens (primary N) is 1. The molecule has 2 fully saturated rings. The first-order valence-corrected chi connectivity index (χ1v) is 9.00. The van der Waals surface area contributed by atoms with E-state index >= 15 is 0 Å². The van der Waals surface area contributed by atoms with E-state index in [2.05, 4.69) is 9.60 Å². The molecule has 12 heteroatoms. The third-order valence-electron chi connectivity index (χ3n) is 4.24. The summed E-state index contributed by atoms with van der Waals surface area (Å²) < 4.78 is 34.8. The van der Waals surface area contributed by atoms with Gasteiger partial charge in [0.25, 0.3) is 0 Å². The van der Waals surface area contributed by atoms with Gasteiger partial charge in [-0.1, -0.05) is 0 Å². The highest BCUT2D eigenvalue weighted by molar-refractivity contribution is 7.80. The zero-order valence-electron chi connectivity index (χ0n) is 13.4. The van der Waals surface area contributed by atoms with E-state index in [0.717, 1.165) is 0 Å². The van der Waals surface area contributed by atoms with Gasteiger partial charge >= 0.3 is 16.4 Å². The number of hydrogen-bond donors (Lipinski definition) is 3. The molecule has 4 amide bonds. The molecule has 2 aliphatic rings. The smallest absolute Gasteiger partial charge is 0.366 e. The number of nitrogens with one attached hydrogen (secondary N) is 1. The molecule has 2 saturated heterocycles. The molecular weight excluding hydrogens is 368 g/mol. The second-order valence-corrected chi connectivity index (χ2v) is 6.95.